The van der Waals surface area contributed by atoms with Crippen molar-refractivity contribution in [2.24, 2.45) is 0 Å². The van der Waals surface area contributed by atoms with E-state index >= 15 is 0 Å². The third kappa shape index (κ3) is 2.96. The third-order valence-corrected chi connectivity index (χ3v) is 6.03. The molecule has 0 N–H and O–H groups in total. The van der Waals surface area contributed by atoms with E-state index in [0.717, 1.165) is 29.0 Å². The lowest BCUT2D eigenvalue weighted by Crippen LogP contribution is -2.30. The highest BCUT2D eigenvalue weighted by Gasteiger charge is 2.36. The first-order chi connectivity index (χ1) is 15.0. The van der Waals surface area contributed by atoms with E-state index in [4.69, 9.17) is 21.0 Å². The number of anilines is 1. The number of nitrogens with zero attached hydrogens (tertiary/aromatic N) is 6. The molecule has 10 heteroatoms. The fourth-order valence-corrected chi connectivity index (χ4v) is 4.15. The molecule has 5 heterocycles. The van der Waals surface area contributed by atoms with Crippen LogP contribution in [-0.4, -0.2) is 49.8 Å². The SMILES string of the molecule is CN1C(=O)CN(c2cc(C3CC3)cn3cc(Cc4nc5ccnc(Cl)c5o4)nc23)C1=O. The molecule has 1 aliphatic heterocycles. The Hall–Kier alpha value is -3.46. The Morgan fingerprint density at radius 3 is 2.77 bits per heavy atom. The summed E-state index contributed by atoms with van der Waals surface area (Å²) in [6.07, 6.45) is 8.14. The van der Waals surface area contributed by atoms with Crippen LogP contribution in [0.5, 0.6) is 0 Å². The number of urea groups is 1. The monoisotopic (exact) mass is 436 g/mol. The molecule has 1 aliphatic carbocycles. The van der Waals surface area contributed by atoms with Crippen molar-refractivity contribution in [1.82, 2.24) is 24.3 Å². The van der Waals surface area contributed by atoms with Gasteiger partial charge in [0.15, 0.2) is 16.4 Å². The number of carbonyl (C=O) groups is 2. The summed E-state index contributed by atoms with van der Waals surface area (Å²) in [4.78, 5) is 40.6. The number of fused-ring (bicyclic) bond motifs is 2. The maximum atomic E-state index is 12.6. The first-order valence-electron chi connectivity index (χ1n) is 9.97. The van der Waals surface area contributed by atoms with Gasteiger partial charge in [-0.05, 0) is 36.5 Å². The summed E-state index contributed by atoms with van der Waals surface area (Å²) >= 11 is 6.09. The van der Waals surface area contributed by atoms with Crippen molar-refractivity contribution in [2.75, 3.05) is 18.5 Å². The molecule has 0 spiro atoms. The van der Waals surface area contributed by atoms with E-state index in [1.807, 2.05) is 22.9 Å². The Labute approximate surface area is 181 Å². The smallest absolute Gasteiger partial charge is 0.331 e. The predicted molar refractivity (Wildman–Crippen MR) is 112 cm³/mol. The van der Waals surface area contributed by atoms with Crippen molar-refractivity contribution in [1.29, 1.82) is 0 Å². The van der Waals surface area contributed by atoms with E-state index in [9.17, 15) is 9.59 Å². The number of hydrogen-bond donors (Lipinski definition) is 0. The number of carbonyl (C=O) groups excluding carboxylic acids is 2. The average Bonchev–Trinajstić information content (AvgIpc) is 3.32. The predicted octanol–water partition coefficient (Wildman–Crippen LogP) is 3.39. The minimum absolute atomic E-state index is 0.0118. The van der Waals surface area contributed by atoms with Crippen LogP contribution in [-0.2, 0) is 11.2 Å². The number of halogens is 1. The van der Waals surface area contributed by atoms with Gasteiger partial charge >= 0.3 is 6.03 Å². The highest BCUT2D eigenvalue weighted by Crippen LogP contribution is 2.42. The van der Waals surface area contributed by atoms with Crippen LogP contribution in [0.25, 0.3) is 16.7 Å². The van der Waals surface area contributed by atoms with E-state index in [1.165, 1.54) is 11.9 Å². The van der Waals surface area contributed by atoms with E-state index in [-0.39, 0.29) is 23.6 Å². The number of imide groups is 1. The maximum Gasteiger partial charge on any atom is 0.331 e. The van der Waals surface area contributed by atoms with Crippen LogP contribution < -0.4 is 4.90 Å². The Bertz CT molecular complexity index is 1390. The normalized spacial score (nSPS) is 17.0. The molecule has 1 saturated carbocycles. The topological polar surface area (TPSA) is 96.8 Å². The zero-order valence-corrected chi connectivity index (χ0v) is 17.3. The van der Waals surface area contributed by atoms with Gasteiger partial charge in [-0.1, -0.05) is 11.6 Å². The first-order valence-corrected chi connectivity index (χ1v) is 10.4. The molecule has 0 bridgehead atoms. The van der Waals surface area contributed by atoms with E-state index in [1.54, 1.807) is 12.3 Å². The standard InChI is InChI=1S/C21H17ClN6O3/c1-26-17(29)10-28(21(26)30)15-6-12(11-2-3-11)8-27-9-13(24-20(15)27)7-16-25-14-4-5-23-19(22)18(14)31-16/h4-6,8-9,11H,2-3,7,10H2,1H3. The summed E-state index contributed by atoms with van der Waals surface area (Å²) in [7, 11) is 1.50. The van der Waals surface area contributed by atoms with Gasteiger partial charge in [0.05, 0.1) is 17.8 Å². The lowest BCUT2D eigenvalue weighted by Gasteiger charge is -2.17. The number of hydrogen-bond acceptors (Lipinski definition) is 6. The average molecular weight is 437 g/mol. The lowest BCUT2D eigenvalue weighted by atomic mass is 10.1. The molecule has 0 unspecified atom stereocenters. The van der Waals surface area contributed by atoms with Crippen LogP contribution in [0, 0.1) is 0 Å². The minimum Gasteiger partial charge on any atom is -0.437 e. The van der Waals surface area contributed by atoms with Crippen LogP contribution in [0.15, 0.2) is 35.1 Å². The Kier molecular flexibility index (Phi) is 3.85. The molecule has 31 heavy (non-hydrogen) atoms. The Balaban J connectivity index is 1.43. The molecule has 3 amide bonds. The molecule has 0 radical (unpaired) electrons. The van der Waals surface area contributed by atoms with E-state index < -0.39 is 0 Å². The van der Waals surface area contributed by atoms with Gasteiger partial charge in [-0.25, -0.2) is 19.7 Å². The van der Waals surface area contributed by atoms with Crippen LogP contribution in [0.2, 0.25) is 5.15 Å². The summed E-state index contributed by atoms with van der Waals surface area (Å²) in [5.41, 5.74) is 4.22. The lowest BCUT2D eigenvalue weighted by molar-refractivity contribution is -0.123. The number of rotatable bonds is 4. The summed E-state index contributed by atoms with van der Waals surface area (Å²) in [5, 5.41) is 0.268. The quantitative estimate of drug-likeness (QED) is 0.359. The largest absolute Gasteiger partial charge is 0.437 e. The van der Waals surface area contributed by atoms with Gasteiger partial charge in [0.25, 0.3) is 0 Å². The first kappa shape index (κ1) is 18.3. The Morgan fingerprint density at radius 1 is 1.23 bits per heavy atom. The van der Waals surface area contributed by atoms with Gasteiger partial charge in [-0.2, -0.15) is 0 Å². The summed E-state index contributed by atoms with van der Waals surface area (Å²) < 4.78 is 7.70. The van der Waals surface area contributed by atoms with Gasteiger partial charge in [-0.15, -0.1) is 0 Å². The fourth-order valence-electron chi connectivity index (χ4n) is 3.96. The van der Waals surface area contributed by atoms with Crippen LogP contribution in [0.3, 0.4) is 0 Å². The molecular weight excluding hydrogens is 420 g/mol. The number of imidazole rings is 1. The molecule has 2 fully saturated rings. The highest BCUT2D eigenvalue weighted by atomic mass is 35.5. The minimum atomic E-state index is -0.342. The van der Waals surface area contributed by atoms with Gasteiger partial charge in [-0.3, -0.25) is 14.6 Å². The highest BCUT2D eigenvalue weighted by molar-refractivity contribution is 6.33. The molecular formula is C21H17ClN6O3. The fraction of sp³-hybridized carbons (Fsp3) is 0.286. The third-order valence-electron chi connectivity index (χ3n) is 5.77. The van der Waals surface area contributed by atoms with Crippen molar-refractivity contribution >= 4 is 46.0 Å². The number of pyridine rings is 2. The van der Waals surface area contributed by atoms with Crippen molar-refractivity contribution < 1.29 is 14.0 Å². The maximum absolute atomic E-state index is 12.6. The molecule has 1 saturated heterocycles. The van der Waals surface area contributed by atoms with Crippen LogP contribution in [0.1, 0.15) is 35.9 Å². The number of oxazole rings is 1. The molecule has 156 valence electrons. The molecule has 2 aliphatic rings. The molecule has 4 aromatic heterocycles. The summed E-state index contributed by atoms with van der Waals surface area (Å²) in [6.45, 7) is 0.0118. The number of amides is 3. The van der Waals surface area contributed by atoms with Crippen LogP contribution in [0.4, 0.5) is 10.5 Å². The Morgan fingerprint density at radius 2 is 2.06 bits per heavy atom. The summed E-state index contributed by atoms with van der Waals surface area (Å²) in [6, 6.07) is 3.38. The van der Waals surface area contributed by atoms with E-state index in [0.29, 0.717) is 40.7 Å². The molecule has 0 aromatic carbocycles. The van der Waals surface area contributed by atoms with Crippen molar-refractivity contribution in [3.63, 3.8) is 0 Å². The van der Waals surface area contributed by atoms with Gasteiger partial charge < -0.3 is 8.82 Å². The van der Waals surface area contributed by atoms with Crippen LogP contribution >= 0.6 is 11.6 Å². The molecule has 6 rings (SSSR count). The van der Waals surface area contributed by atoms with Gasteiger partial charge in [0.1, 0.15) is 12.1 Å². The van der Waals surface area contributed by atoms with Gasteiger partial charge in [0.2, 0.25) is 11.8 Å². The van der Waals surface area contributed by atoms with E-state index in [2.05, 4.69) is 9.97 Å². The zero-order valence-electron chi connectivity index (χ0n) is 16.6. The van der Waals surface area contributed by atoms with Crippen molar-refractivity contribution in [3.05, 3.63) is 53.0 Å². The van der Waals surface area contributed by atoms with Crippen molar-refractivity contribution in [3.8, 4) is 0 Å². The number of likely N-dealkylation sites (N-methyl/N-ethyl adjacent to an activating group) is 1. The molecule has 9 nitrogen and oxygen atoms in total. The molecule has 4 aromatic rings. The number of aromatic nitrogens is 4. The second kappa shape index (κ2) is 6.52. The second-order valence-corrected chi connectivity index (χ2v) is 8.31. The van der Waals surface area contributed by atoms with Gasteiger partial charge in [0, 0.05) is 25.6 Å². The second-order valence-electron chi connectivity index (χ2n) is 7.95. The zero-order chi connectivity index (χ0) is 21.3. The molecule has 0 atom stereocenters. The van der Waals surface area contributed by atoms with Crippen molar-refractivity contribution in [2.45, 2.75) is 25.2 Å². The summed E-state index contributed by atoms with van der Waals surface area (Å²) in [5.74, 6) is 0.722.